The second-order valence-corrected chi connectivity index (χ2v) is 7.99. The summed E-state index contributed by atoms with van der Waals surface area (Å²) in [6.45, 7) is 2.35. The summed E-state index contributed by atoms with van der Waals surface area (Å²) in [7, 11) is 0. The molecule has 9 heteroatoms. The van der Waals surface area contributed by atoms with Crippen LogP contribution in [0.3, 0.4) is 0 Å². The SMILES string of the molecule is CCCC1C(=O)C2(c3ccc([N+](=O)[O-])cc3)C[N+](c3ccc([N+](=O)[O-])cc3)(C2)C1=O. The van der Waals surface area contributed by atoms with Gasteiger partial charge in [-0.05, 0) is 12.0 Å². The van der Waals surface area contributed by atoms with E-state index in [0.29, 0.717) is 24.1 Å². The van der Waals surface area contributed by atoms with Gasteiger partial charge in [-0.3, -0.25) is 25.0 Å². The quantitative estimate of drug-likeness (QED) is 0.312. The fraction of sp³-hybridized carbons (Fsp3) is 0.333. The molecule has 3 saturated heterocycles. The van der Waals surface area contributed by atoms with Crippen LogP contribution in [0.2, 0.25) is 0 Å². The van der Waals surface area contributed by atoms with Crippen molar-refractivity contribution in [3.63, 3.8) is 0 Å². The molecule has 1 atom stereocenters. The molecule has 9 nitrogen and oxygen atoms in total. The van der Waals surface area contributed by atoms with Crippen LogP contribution >= 0.6 is 0 Å². The van der Waals surface area contributed by atoms with Gasteiger partial charge < -0.3 is 0 Å². The Morgan fingerprint density at radius 1 is 0.933 bits per heavy atom. The molecule has 2 bridgehead atoms. The van der Waals surface area contributed by atoms with Crippen molar-refractivity contribution in [1.29, 1.82) is 0 Å². The van der Waals surface area contributed by atoms with Crippen molar-refractivity contribution in [3.05, 3.63) is 74.3 Å². The number of hydrogen-bond acceptors (Lipinski definition) is 6. The number of non-ortho nitro benzene ring substituents is 2. The second-order valence-electron chi connectivity index (χ2n) is 7.99. The van der Waals surface area contributed by atoms with Gasteiger partial charge in [-0.15, -0.1) is 0 Å². The molecule has 1 unspecified atom stereocenters. The van der Waals surface area contributed by atoms with E-state index in [1.165, 1.54) is 24.3 Å². The molecule has 2 aromatic rings. The average Bonchev–Trinajstić information content (AvgIpc) is 2.71. The summed E-state index contributed by atoms with van der Waals surface area (Å²) in [6.07, 6.45) is 1.10. The van der Waals surface area contributed by atoms with Crippen LogP contribution in [0.5, 0.6) is 0 Å². The van der Waals surface area contributed by atoms with Gasteiger partial charge in [-0.2, -0.15) is 0 Å². The van der Waals surface area contributed by atoms with Crippen LogP contribution in [0.4, 0.5) is 17.1 Å². The summed E-state index contributed by atoms with van der Waals surface area (Å²) in [5.74, 6) is -1.08. The number of carbonyl (C=O) groups is 2. The number of nitrogens with zero attached hydrogens (tertiary/aromatic N) is 3. The summed E-state index contributed by atoms with van der Waals surface area (Å²) in [5.41, 5.74) is 0.281. The molecule has 30 heavy (non-hydrogen) atoms. The average molecular weight is 410 g/mol. The molecule has 3 aliphatic rings. The highest BCUT2D eigenvalue weighted by Gasteiger charge is 2.73. The lowest BCUT2D eigenvalue weighted by molar-refractivity contribution is -0.385. The normalized spacial score (nSPS) is 27.4. The molecule has 0 spiro atoms. The molecule has 1 amide bonds. The predicted molar refractivity (Wildman–Crippen MR) is 108 cm³/mol. The first-order chi connectivity index (χ1) is 14.2. The van der Waals surface area contributed by atoms with Crippen molar-refractivity contribution in [2.45, 2.75) is 25.2 Å². The molecule has 0 aromatic heterocycles. The van der Waals surface area contributed by atoms with E-state index >= 15 is 0 Å². The van der Waals surface area contributed by atoms with Crippen molar-refractivity contribution >= 4 is 28.8 Å². The Hall–Kier alpha value is -3.46. The largest absolute Gasteiger partial charge is 0.329 e. The maximum Gasteiger partial charge on any atom is 0.329 e. The molecule has 154 valence electrons. The van der Waals surface area contributed by atoms with Crippen LogP contribution < -0.4 is 4.48 Å². The van der Waals surface area contributed by atoms with Gasteiger partial charge >= 0.3 is 5.91 Å². The van der Waals surface area contributed by atoms with E-state index in [4.69, 9.17) is 0 Å². The number of nitro benzene ring substituents is 2. The third kappa shape index (κ3) is 2.66. The zero-order valence-corrected chi connectivity index (χ0v) is 16.3. The summed E-state index contributed by atoms with van der Waals surface area (Å²) in [4.78, 5) is 47.7. The number of benzene rings is 2. The number of Topliss-reactive ketones (excluding diaryl/α,β-unsaturated/α-hetero) is 1. The number of fused-ring (bicyclic) bond motifs is 2. The maximum absolute atomic E-state index is 13.4. The molecule has 0 aliphatic carbocycles. The molecule has 0 saturated carbocycles. The van der Waals surface area contributed by atoms with Crippen LogP contribution in [0.1, 0.15) is 25.3 Å². The summed E-state index contributed by atoms with van der Waals surface area (Å²) < 4.78 is -0.0363. The maximum atomic E-state index is 13.4. The molecular formula is C21H20N3O6+. The highest BCUT2D eigenvalue weighted by atomic mass is 16.6. The molecule has 3 fully saturated rings. The van der Waals surface area contributed by atoms with Crippen LogP contribution in [0.25, 0.3) is 0 Å². The Bertz CT molecular complexity index is 974. The van der Waals surface area contributed by atoms with Gasteiger partial charge in [0.25, 0.3) is 11.4 Å². The number of nitro groups is 2. The smallest absolute Gasteiger partial charge is 0.297 e. The Balaban J connectivity index is 1.77. The van der Waals surface area contributed by atoms with E-state index in [2.05, 4.69) is 0 Å². The molecule has 5 rings (SSSR count). The molecule has 3 aliphatic heterocycles. The van der Waals surface area contributed by atoms with E-state index in [9.17, 15) is 29.8 Å². The Morgan fingerprint density at radius 3 is 1.90 bits per heavy atom. The number of piperidine rings is 2. The number of rotatable bonds is 6. The van der Waals surface area contributed by atoms with E-state index in [-0.39, 0.29) is 40.6 Å². The van der Waals surface area contributed by atoms with Crippen molar-refractivity contribution in [1.82, 2.24) is 4.48 Å². The number of carbonyl (C=O) groups excluding carboxylic acids is 2. The number of amides is 1. The fourth-order valence-electron chi connectivity index (χ4n) is 4.87. The van der Waals surface area contributed by atoms with Crippen molar-refractivity contribution in [2.24, 2.45) is 5.92 Å². The fourth-order valence-corrected chi connectivity index (χ4v) is 4.87. The van der Waals surface area contributed by atoms with Gasteiger partial charge in [0.05, 0.1) is 9.85 Å². The first-order valence-corrected chi connectivity index (χ1v) is 9.71. The summed E-state index contributed by atoms with van der Waals surface area (Å²) in [5, 5.41) is 22.0. The highest BCUT2D eigenvalue weighted by molar-refractivity contribution is 6.16. The number of ketones is 1. The van der Waals surface area contributed by atoms with Gasteiger partial charge in [0.1, 0.15) is 24.7 Å². The summed E-state index contributed by atoms with van der Waals surface area (Å²) >= 11 is 0. The van der Waals surface area contributed by atoms with Gasteiger partial charge in [0, 0.05) is 36.4 Å². The zero-order valence-electron chi connectivity index (χ0n) is 16.3. The zero-order chi connectivity index (χ0) is 21.7. The van der Waals surface area contributed by atoms with Crippen molar-refractivity contribution in [3.8, 4) is 0 Å². The third-order valence-corrected chi connectivity index (χ3v) is 6.35. The van der Waals surface area contributed by atoms with E-state index < -0.39 is 21.2 Å². The molecule has 0 N–H and O–H groups in total. The Morgan fingerprint density at radius 2 is 1.43 bits per heavy atom. The van der Waals surface area contributed by atoms with Crippen LogP contribution in [0.15, 0.2) is 48.5 Å². The standard InChI is InChI=1S/C21H20N3O6/c1-2-3-18-19(25)21(14-4-6-15(7-5-14)22(27)28)12-24(13-21,20(18)26)17-10-8-16(9-11-17)23(29)30/h4-11,18H,2-3,12-13H2,1H3/q+1. The first kappa shape index (κ1) is 19.8. The van der Waals surface area contributed by atoms with E-state index in [1.807, 2.05) is 6.92 Å². The minimum atomic E-state index is -0.884. The third-order valence-electron chi connectivity index (χ3n) is 6.35. The number of quaternary nitrogens is 1. The minimum Gasteiger partial charge on any atom is -0.297 e. The van der Waals surface area contributed by atoms with Crippen molar-refractivity contribution < 1.29 is 19.4 Å². The second kappa shape index (κ2) is 6.81. The van der Waals surface area contributed by atoms with Crippen molar-refractivity contribution in [2.75, 3.05) is 13.1 Å². The van der Waals surface area contributed by atoms with E-state index in [0.717, 1.165) is 0 Å². The molecule has 0 radical (unpaired) electrons. The van der Waals surface area contributed by atoms with Gasteiger partial charge in [0.2, 0.25) is 0 Å². The monoisotopic (exact) mass is 410 g/mol. The summed E-state index contributed by atoms with van der Waals surface area (Å²) in [6, 6.07) is 11.8. The predicted octanol–water partition coefficient (Wildman–Crippen LogP) is 3.29. The first-order valence-electron chi connectivity index (χ1n) is 9.71. The van der Waals surface area contributed by atoms with Crippen LogP contribution in [0, 0.1) is 26.1 Å². The van der Waals surface area contributed by atoms with Gasteiger partial charge in [0.15, 0.2) is 11.2 Å². The van der Waals surface area contributed by atoms with Crippen LogP contribution in [-0.2, 0) is 15.0 Å². The topological polar surface area (TPSA) is 120 Å². The van der Waals surface area contributed by atoms with Crippen LogP contribution in [-0.4, -0.2) is 34.6 Å². The lowest BCUT2D eigenvalue weighted by Gasteiger charge is -2.59. The Labute approximate surface area is 171 Å². The molecule has 3 heterocycles. The lowest BCUT2D eigenvalue weighted by atomic mass is 9.60. The molecule has 2 aromatic carbocycles. The number of hydrogen-bond donors (Lipinski definition) is 0. The lowest BCUT2D eigenvalue weighted by Crippen LogP contribution is -2.84. The van der Waals surface area contributed by atoms with E-state index in [1.54, 1.807) is 24.3 Å². The van der Waals surface area contributed by atoms with Gasteiger partial charge in [-0.25, -0.2) is 9.28 Å². The Kier molecular flexibility index (Phi) is 4.50. The highest BCUT2D eigenvalue weighted by Crippen LogP contribution is 2.52. The van der Waals surface area contributed by atoms with Gasteiger partial charge in [-0.1, -0.05) is 25.5 Å². The molecular weight excluding hydrogens is 390 g/mol. The minimum absolute atomic E-state index is 0.0363.